The minimum absolute atomic E-state index is 0. The normalized spacial score (nSPS) is 17.8. The molecule has 2 N–H and O–H groups in total. The number of hydrogen-bond acceptors (Lipinski definition) is 1. The third-order valence-electron chi connectivity index (χ3n) is 2.26. The van der Waals surface area contributed by atoms with Gasteiger partial charge in [0.1, 0.15) is 5.82 Å². The predicted molar refractivity (Wildman–Crippen MR) is 53.8 cm³/mol. The van der Waals surface area contributed by atoms with Crippen molar-refractivity contribution in [3.63, 3.8) is 0 Å². The van der Waals surface area contributed by atoms with Gasteiger partial charge in [-0.1, -0.05) is 17.7 Å². The van der Waals surface area contributed by atoms with Gasteiger partial charge in [0, 0.05) is 10.6 Å². The first kappa shape index (κ1) is 10.8. The second-order valence-electron chi connectivity index (χ2n) is 3.28. The van der Waals surface area contributed by atoms with Gasteiger partial charge in [-0.3, -0.25) is 0 Å². The van der Waals surface area contributed by atoms with E-state index in [-0.39, 0.29) is 23.8 Å². The second-order valence-corrected chi connectivity index (χ2v) is 3.69. The maximum absolute atomic E-state index is 12.6. The molecule has 0 aliphatic heterocycles. The molecule has 2 rings (SSSR count). The summed E-state index contributed by atoms with van der Waals surface area (Å²) >= 11 is 5.83. The molecule has 72 valence electrons. The molecule has 1 fully saturated rings. The third kappa shape index (κ3) is 1.96. The first-order valence-corrected chi connectivity index (χ1v) is 4.24. The van der Waals surface area contributed by atoms with E-state index in [1.54, 1.807) is 6.07 Å². The Bertz CT molecular complexity index is 323. The summed E-state index contributed by atoms with van der Waals surface area (Å²) in [6.45, 7) is 0. The largest absolute Gasteiger partial charge is 0.321 e. The highest BCUT2D eigenvalue weighted by Crippen LogP contribution is 2.45. The average Bonchev–Trinajstić information content (AvgIpc) is 2.68. The quantitative estimate of drug-likeness (QED) is 0.776. The van der Waals surface area contributed by atoms with Crippen LogP contribution < -0.4 is 5.73 Å². The first-order chi connectivity index (χ1) is 5.62. The minimum atomic E-state index is -0.312. The van der Waals surface area contributed by atoms with Gasteiger partial charge < -0.3 is 5.73 Å². The zero-order chi connectivity index (χ0) is 8.77. The van der Waals surface area contributed by atoms with Gasteiger partial charge in [0.2, 0.25) is 0 Å². The molecule has 4 heteroatoms. The number of benzene rings is 1. The summed E-state index contributed by atoms with van der Waals surface area (Å²) in [6.07, 6.45) is 1.89. The molecule has 1 saturated carbocycles. The SMILES string of the molecule is Cl.NC1(c2ccc(F)cc2Cl)CC1. The van der Waals surface area contributed by atoms with Gasteiger partial charge in [0.25, 0.3) is 0 Å². The Morgan fingerprint density at radius 2 is 2.00 bits per heavy atom. The molecular weight excluding hydrogens is 212 g/mol. The summed E-state index contributed by atoms with van der Waals surface area (Å²) in [6, 6.07) is 4.38. The van der Waals surface area contributed by atoms with Gasteiger partial charge in [-0.25, -0.2) is 4.39 Å². The number of nitrogens with two attached hydrogens (primary N) is 1. The molecule has 1 nitrogen and oxygen atoms in total. The minimum Gasteiger partial charge on any atom is -0.321 e. The fourth-order valence-corrected chi connectivity index (χ4v) is 1.65. The molecule has 0 heterocycles. The molecule has 0 atom stereocenters. The Balaban J connectivity index is 0.000000845. The molecule has 0 unspecified atom stereocenters. The fraction of sp³-hybridized carbons (Fsp3) is 0.333. The summed E-state index contributed by atoms with van der Waals surface area (Å²) < 4.78 is 12.6. The van der Waals surface area contributed by atoms with Crippen molar-refractivity contribution >= 4 is 24.0 Å². The third-order valence-corrected chi connectivity index (χ3v) is 2.57. The van der Waals surface area contributed by atoms with Gasteiger partial charge in [0.05, 0.1) is 0 Å². The average molecular weight is 222 g/mol. The van der Waals surface area contributed by atoms with Crippen LogP contribution in [-0.4, -0.2) is 0 Å². The molecule has 0 bridgehead atoms. The lowest BCUT2D eigenvalue weighted by Gasteiger charge is -2.10. The predicted octanol–water partition coefficient (Wildman–Crippen LogP) is 2.85. The van der Waals surface area contributed by atoms with E-state index in [0.717, 1.165) is 18.4 Å². The van der Waals surface area contributed by atoms with Crippen molar-refractivity contribution in [1.82, 2.24) is 0 Å². The molecule has 0 amide bonds. The Morgan fingerprint density at radius 3 is 2.46 bits per heavy atom. The molecule has 0 saturated heterocycles. The molecule has 0 aromatic heterocycles. The first-order valence-electron chi connectivity index (χ1n) is 3.86. The molecule has 0 spiro atoms. The molecule has 1 aliphatic carbocycles. The zero-order valence-electron chi connectivity index (χ0n) is 6.89. The van der Waals surface area contributed by atoms with Crippen LogP contribution in [0.25, 0.3) is 0 Å². The second kappa shape index (κ2) is 3.45. The topological polar surface area (TPSA) is 26.0 Å². The highest BCUT2D eigenvalue weighted by molar-refractivity contribution is 6.31. The van der Waals surface area contributed by atoms with Crippen molar-refractivity contribution in [1.29, 1.82) is 0 Å². The van der Waals surface area contributed by atoms with E-state index in [2.05, 4.69) is 0 Å². The summed E-state index contributed by atoms with van der Waals surface area (Å²) in [4.78, 5) is 0. The molecule has 1 aromatic carbocycles. The van der Waals surface area contributed by atoms with Crippen molar-refractivity contribution < 1.29 is 4.39 Å². The van der Waals surface area contributed by atoms with Crippen LogP contribution in [0, 0.1) is 5.82 Å². The van der Waals surface area contributed by atoms with Crippen LogP contribution in [0.15, 0.2) is 18.2 Å². The lowest BCUT2D eigenvalue weighted by Crippen LogP contribution is -2.19. The maximum Gasteiger partial charge on any atom is 0.124 e. The zero-order valence-corrected chi connectivity index (χ0v) is 8.46. The standard InChI is InChI=1S/C9H9ClFN.ClH/c10-8-5-6(11)1-2-7(8)9(12)3-4-9;/h1-2,5H,3-4,12H2;1H. The maximum atomic E-state index is 12.6. The van der Waals surface area contributed by atoms with E-state index < -0.39 is 0 Å². The molecule has 13 heavy (non-hydrogen) atoms. The summed E-state index contributed by atoms with van der Waals surface area (Å²) in [5, 5.41) is 0.440. The van der Waals surface area contributed by atoms with Crippen molar-refractivity contribution in [2.75, 3.05) is 0 Å². The van der Waals surface area contributed by atoms with Crippen LogP contribution in [0.3, 0.4) is 0 Å². The van der Waals surface area contributed by atoms with E-state index in [4.69, 9.17) is 17.3 Å². The number of rotatable bonds is 1. The fourth-order valence-electron chi connectivity index (χ4n) is 1.30. The monoisotopic (exact) mass is 221 g/mol. The van der Waals surface area contributed by atoms with E-state index in [9.17, 15) is 4.39 Å². The van der Waals surface area contributed by atoms with Gasteiger partial charge >= 0.3 is 0 Å². The van der Waals surface area contributed by atoms with Crippen LogP contribution in [0.2, 0.25) is 5.02 Å². The van der Waals surface area contributed by atoms with Crippen molar-refractivity contribution in [2.45, 2.75) is 18.4 Å². The summed E-state index contributed by atoms with van der Waals surface area (Å²) in [5.74, 6) is -0.312. The Hall–Kier alpha value is -0.310. The van der Waals surface area contributed by atoms with Crippen LogP contribution in [0.1, 0.15) is 18.4 Å². The van der Waals surface area contributed by atoms with Gasteiger partial charge in [-0.2, -0.15) is 0 Å². The number of halogens is 3. The Kier molecular flexibility index (Phi) is 2.85. The number of hydrogen-bond donors (Lipinski definition) is 1. The lowest BCUT2D eigenvalue weighted by atomic mass is 10.1. The molecule has 0 radical (unpaired) electrons. The van der Waals surface area contributed by atoms with Crippen LogP contribution in [0.5, 0.6) is 0 Å². The van der Waals surface area contributed by atoms with Crippen molar-refractivity contribution in [3.05, 3.63) is 34.6 Å². The summed E-state index contributed by atoms with van der Waals surface area (Å²) in [7, 11) is 0. The van der Waals surface area contributed by atoms with Gasteiger partial charge in [-0.05, 0) is 30.5 Å². The van der Waals surface area contributed by atoms with E-state index in [1.165, 1.54) is 12.1 Å². The van der Waals surface area contributed by atoms with Crippen molar-refractivity contribution in [3.8, 4) is 0 Å². The molecule has 1 aromatic rings. The Labute approximate surface area is 87.5 Å². The van der Waals surface area contributed by atoms with Crippen LogP contribution in [-0.2, 0) is 5.54 Å². The van der Waals surface area contributed by atoms with E-state index in [1.807, 2.05) is 0 Å². The summed E-state index contributed by atoms with van der Waals surface area (Å²) in [5.41, 5.74) is 6.51. The van der Waals surface area contributed by atoms with Crippen LogP contribution in [0.4, 0.5) is 4.39 Å². The highest BCUT2D eigenvalue weighted by atomic mass is 35.5. The Morgan fingerprint density at radius 1 is 1.38 bits per heavy atom. The molecule has 1 aliphatic rings. The van der Waals surface area contributed by atoms with Crippen LogP contribution >= 0.6 is 24.0 Å². The van der Waals surface area contributed by atoms with Crippen molar-refractivity contribution in [2.24, 2.45) is 5.73 Å². The molecular formula is C9H10Cl2FN. The lowest BCUT2D eigenvalue weighted by molar-refractivity contribution is 0.624. The van der Waals surface area contributed by atoms with E-state index in [0.29, 0.717) is 5.02 Å². The van der Waals surface area contributed by atoms with Gasteiger partial charge in [-0.15, -0.1) is 12.4 Å². The van der Waals surface area contributed by atoms with Gasteiger partial charge in [0.15, 0.2) is 0 Å². The smallest absolute Gasteiger partial charge is 0.124 e. The van der Waals surface area contributed by atoms with E-state index >= 15 is 0 Å². The highest BCUT2D eigenvalue weighted by Gasteiger charge is 2.41.